The number of carbonyl (C=O) groups excluding carboxylic acids is 1. The molecule has 0 bridgehead atoms. The van der Waals surface area contributed by atoms with Crippen molar-refractivity contribution in [1.29, 1.82) is 0 Å². The van der Waals surface area contributed by atoms with E-state index in [2.05, 4.69) is 5.32 Å². The standard InChI is InChI=1S/C15H22ClNO3S/c1-5-7-10(3)15(18)17-14-11(4)8-13(21(16,19)20)9-12(14)6-2/h8-10H,5-7H2,1-4H3,(H,17,18). The zero-order valence-electron chi connectivity index (χ0n) is 12.9. The summed E-state index contributed by atoms with van der Waals surface area (Å²) in [6.07, 6.45) is 2.37. The number of hydrogen-bond donors (Lipinski definition) is 1. The molecule has 1 unspecified atom stereocenters. The van der Waals surface area contributed by atoms with Gasteiger partial charge in [-0.25, -0.2) is 8.42 Å². The smallest absolute Gasteiger partial charge is 0.261 e. The molecule has 1 aromatic rings. The number of anilines is 1. The van der Waals surface area contributed by atoms with Gasteiger partial charge in [-0.3, -0.25) is 4.79 Å². The van der Waals surface area contributed by atoms with Crippen LogP contribution in [0.5, 0.6) is 0 Å². The third kappa shape index (κ3) is 4.71. The molecule has 1 N–H and O–H groups in total. The van der Waals surface area contributed by atoms with Crippen LogP contribution in [0.3, 0.4) is 0 Å². The van der Waals surface area contributed by atoms with Crippen molar-refractivity contribution in [2.75, 3.05) is 5.32 Å². The predicted molar refractivity (Wildman–Crippen MR) is 86.3 cm³/mol. The maximum absolute atomic E-state index is 12.1. The summed E-state index contributed by atoms with van der Waals surface area (Å²) in [5.41, 5.74) is 2.16. The molecule has 0 fully saturated rings. The third-order valence-corrected chi connectivity index (χ3v) is 4.80. The lowest BCUT2D eigenvalue weighted by atomic mass is 10.0. The molecule has 0 saturated carbocycles. The van der Waals surface area contributed by atoms with E-state index >= 15 is 0 Å². The van der Waals surface area contributed by atoms with Crippen LogP contribution in [0.2, 0.25) is 0 Å². The van der Waals surface area contributed by atoms with Gasteiger partial charge in [0, 0.05) is 22.3 Å². The van der Waals surface area contributed by atoms with E-state index in [1.807, 2.05) is 20.8 Å². The molecule has 0 aromatic heterocycles. The van der Waals surface area contributed by atoms with E-state index in [1.54, 1.807) is 6.92 Å². The zero-order chi connectivity index (χ0) is 16.2. The first-order valence-corrected chi connectivity index (χ1v) is 9.40. The Morgan fingerprint density at radius 2 is 1.95 bits per heavy atom. The molecule has 0 aliphatic carbocycles. The number of benzene rings is 1. The van der Waals surface area contributed by atoms with Crippen LogP contribution < -0.4 is 5.32 Å². The summed E-state index contributed by atoms with van der Waals surface area (Å²) in [4.78, 5) is 12.2. The minimum absolute atomic E-state index is 0.0452. The van der Waals surface area contributed by atoms with Crippen LogP contribution in [0, 0.1) is 12.8 Å². The Balaban J connectivity index is 3.17. The molecule has 118 valence electrons. The summed E-state index contributed by atoms with van der Waals surface area (Å²) < 4.78 is 22.9. The van der Waals surface area contributed by atoms with Gasteiger partial charge in [0.05, 0.1) is 4.90 Å². The molecule has 1 aromatic carbocycles. The molecule has 1 rings (SSSR count). The molecule has 4 nitrogen and oxygen atoms in total. The van der Waals surface area contributed by atoms with E-state index in [9.17, 15) is 13.2 Å². The molecule has 0 spiro atoms. The summed E-state index contributed by atoms with van der Waals surface area (Å²) in [7, 11) is 1.63. The second-order valence-corrected chi connectivity index (χ2v) is 7.81. The van der Waals surface area contributed by atoms with Gasteiger partial charge >= 0.3 is 0 Å². The van der Waals surface area contributed by atoms with Crippen LogP contribution in [-0.4, -0.2) is 14.3 Å². The first-order chi connectivity index (χ1) is 9.70. The van der Waals surface area contributed by atoms with Gasteiger partial charge in [0.2, 0.25) is 5.91 Å². The Labute approximate surface area is 131 Å². The van der Waals surface area contributed by atoms with Crippen molar-refractivity contribution in [3.63, 3.8) is 0 Å². The minimum atomic E-state index is -3.77. The fourth-order valence-electron chi connectivity index (χ4n) is 2.23. The fraction of sp³-hybridized carbons (Fsp3) is 0.533. The van der Waals surface area contributed by atoms with E-state index in [1.165, 1.54) is 12.1 Å². The van der Waals surface area contributed by atoms with E-state index in [0.29, 0.717) is 17.7 Å². The highest BCUT2D eigenvalue weighted by molar-refractivity contribution is 8.13. The van der Waals surface area contributed by atoms with Crippen molar-refractivity contribution in [2.45, 2.75) is 51.9 Å². The average Bonchev–Trinajstić information content (AvgIpc) is 2.39. The van der Waals surface area contributed by atoms with Crippen molar-refractivity contribution < 1.29 is 13.2 Å². The topological polar surface area (TPSA) is 63.2 Å². The summed E-state index contributed by atoms with van der Waals surface area (Å²) in [5, 5.41) is 2.92. The predicted octanol–water partition coefficient (Wildman–Crippen LogP) is 3.86. The monoisotopic (exact) mass is 331 g/mol. The lowest BCUT2D eigenvalue weighted by Crippen LogP contribution is -2.21. The van der Waals surface area contributed by atoms with Crippen LogP contribution in [0.4, 0.5) is 5.69 Å². The van der Waals surface area contributed by atoms with Crippen LogP contribution >= 0.6 is 10.7 Å². The van der Waals surface area contributed by atoms with E-state index < -0.39 is 9.05 Å². The highest BCUT2D eigenvalue weighted by Crippen LogP contribution is 2.28. The van der Waals surface area contributed by atoms with E-state index in [4.69, 9.17) is 10.7 Å². The molecule has 0 aliphatic rings. The number of nitrogens with one attached hydrogen (secondary N) is 1. The van der Waals surface area contributed by atoms with Crippen LogP contribution in [-0.2, 0) is 20.3 Å². The van der Waals surface area contributed by atoms with Gasteiger partial charge in [0.1, 0.15) is 0 Å². The summed E-state index contributed by atoms with van der Waals surface area (Å²) in [5.74, 6) is -0.119. The maximum Gasteiger partial charge on any atom is 0.261 e. The molecule has 6 heteroatoms. The molecule has 0 heterocycles. The quantitative estimate of drug-likeness (QED) is 0.805. The first-order valence-electron chi connectivity index (χ1n) is 7.09. The SMILES string of the molecule is CCCC(C)C(=O)Nc1c(C)cc(S(=O)(=O)Cl)cc1CC. The summed E-state index contributed by atoms with van der Waals surface area (Å²) in [6.45, 7) is 7.60. The van der Waals surface area contributed by atoms with Gasteiger partial charge in [-0.1, -0.05) is 27.2 Å². The van der Waals surface area contributed by atoms with Crippen LogP contribution in [0.15, 0.2) is 17.0 Å². The number of halogens is 1. The number of aryl methyl sites for hydroxylation is 2. The molecule has 0 aliphatic heterocycles. The molecule has 0 saturated heterocycles. The Morgan fingerprint density at radius 1 is 1.33 bits per heavy atom. The number of hydrogen-bond acceptors (Lipinski definition) is 3. The summed E-state index contributed by atoms with van der Waals surface area (Å²) >= 11 is 0. The Bertz CT molecular complexity index is 626. The van der Waals surface area contributed by atoms with Gasteiger partial charge in [-0.15, -0.1) is 0 Å². The van der Waals surface area contributed by atoms with Crippen molar-refractivity contribution in [3.8, 4) is 0 Å². The molecule has 0 radical (unpaired) electrons. The largest absolute Gasteiger partial charge is 0.325 e. The van der Waals surface area contributed by atoms with E-state index in [0.717, 1.165) is 18.4 Å². The normalized spacial score (nSPS) is 13.0. The van der Waals surface area contributed by atoms with E-state index in [-0.39, 0.29) is 16.7 Å². The highest BCUT2D eigenvalue weighted by atomic mass is 35.7. The Morgan fingerprint density at radius 3 is 2.43 bits per heavy atom. The van der Waals surface area contributed by atoms with Crippen LogP contribution in [0.25, 0.3) is 0 Å². The first kappa shape index (κ1) is 18.0. The Hall–Kier alpha value is -1.07. The second kappa shape index (κ2) is 7.27. The van der Waals surface area contributed by atoms with Gasteiger partial charge in [0.15, 0.2) is 0 Å². The van der Waals surface area contributed by atoms with Crippen molar-refractivity contribution in [1.82, 2.24) is 0 Å². The third-order valence-electron chi connectivity index (χ3n) is 3.47. The average molecular weight is 332 g/mol. The molecule has 1 amide bonds. The van der Waals surface area contributed by atoms with Crippen molar-refractivity contribution >= 4 is 31.3 Å². The Kier molecular flexibility index (Phi) is 6.23. The lowest BCUT2D eigenvalue weighted by Gasteiger charge is -2.17. The zero-order valence-corrected chi connectivity index (χ0v) is 14.4. The minimum Gasteiger partial charge on any atom is -0.325 e. The molecular formula is C15H22ClNO3S. The van der Waals surface area contributed by atoms with Gasteiger partial charge in [-0.05, 0) is 43.0 Å². The molecular weight excluding hydrogens is 310 g/mol. The van der Waals surface area contributed by atoms with Gasteiger partial charge in [0.25, 0.3) is 9.05 Å². The number of amides is 1. The second-order valence-electron chi connectivity index (χ2n) is 5.24. The number of rotatable bonds is 6. The number of carbonyl (C=O) groups is 1. The van der Waals surface area contributed by atoms with Gasteiger partial charge in [-0.2, -0.15) is 0 Å². The fourth-order valence-corrected chi connectivity index (χ4v) is 3.10. The molecule has 21 heavy (non-hydrogen) atoms. The molecule has 1 atom stereocenters. The van der Waals surface area contributed by atoms with Crippen molar-refractivity contribution in [3.05, 3.63) is 23.3 Å². The maximum atomic E-state index is 12.1. The van der Waals surface area contributed by atoms with Crippen molar-refractivity contribution in [2.24, 2.45) is 5.92 Å². The van der Waals surface area contributed by atoms with Gasteiger partial charge < -0.3 is 5.32 Å². The van der Waals surface area contributed by atoms with Crippen LogP contribution in [0.1, 0.15) is 44.7 Å². The highest BCUT2D eigenvalue weighted by Gasteiger charge is 2.18. The summed E-state index contributed by atoms with van der Waals surface area (Å²) in [6, 6.07) is 3.01. The lowest BCUT2D eigenvalue weighted by molar-refractivity contribution is -0.119.